The van der Waals surface area contributed by atoms with E-state index in [2.05, 4.69) is 4.98 Å². The Morgan fingerprint density at radius 2 is 2.19 bits per heavy atom. The van der Waals surface area contributed by atoms with Crippen LogP contribution in [0.15, 0.2) is 48.8 Å². The van der Waals surface area contributed by atoms with Gasteiger partial charge in [-0.3, -0.25) is 4.79 Å². The normalized spacial score (nSPS) is 17.0. The Hall–Kier alpha value is -2.86. The average molecular weight is 350 g/mol. The van der Waals surface area contributed by atoms with Gasteiger partial charge in [0.2, 0.25) is 0 Å². The van der Waals surface area contributed by atoms with Crippen molar-refractivity contribution in [3.8, 4) is 5.75 Å². The molecule has 0 spiro atoms. The lowest BCUT2D eigenvalue weighted by Crippen LogP contribution is -2.31. The highest BCUT2D eigenvalue weighted by molar-refractivity contribution is 5.94. The highest BCUT2D eigenvalue weighted by atomic mass is 16.5. The highest BCUT2D eigenvalue weighted by Crippen LogP contribution is 2.19. The summed E-state index contributed by atoms with van der Waals surface area (Å²) in [7, 11) is 0. The first kappa shape index (κ1) is 16.6. The molecule has 1 amide bonds. The summed E-state index contributed by atoms with van der Waals surface area (Å²) in [5, 5.41) is 0. The van der Waals surface area contributed by atoms with E-state index in [1.807, 2.05) is 54.0 Å². The number of aryl methyl sites for hydroxylation is 1. The first-order valence-electron chi connectivity index (χ1n) is 8.80. The van der Waals surface area contributed by atoms with Gasteiger partial charge in [-0.2, -0.15) is 0 Å². The maximum absolute atomic E-state index is 12.6. The van der Waals surface area contributed by atoms with Crippen LogP contribution in [0.3, 0.4) is 0 Å². The summed E-state index contributed by atoms with van der Waals surface area (Å²) < 4.78 is 7.85. The van der Waals surface area contributed by atoms with Crippen molar-refractivity contribution in [2.45, 2.75) is 26.0 Å². The Balaban J connectivity index is 1.45. The highest BCUT2D eigenvalue weighted by Gasteiger charge is 2.24. The Morgan fingerprint density at radius 3 is 3.00 bits per heavy atom. The third-order valence-electron chi connectivity index (χ3n) is 4.63. The van der Waals surface area contributed by atoms with Gasteiger partial charge in [-0.05, 0) is 43.2 Å². The zero-order valence-corrected chi connectivity index (χ0v) is 14.8. The molecule has 6 heteroatoms. The monoisotopic (exact) mass is 350 g/mol. The first-order valence-corrected chi connectivity index (χ1v) is 8.80. The Morgan fingerprint density at radius 1 is 1.31 bits per heavy atom. The molecule has 134 valence electrons. The minimum Gasteiger partial charge on any atom is -0.487 e. The quantitative estimate of drug-likeness (QED) is 0.784. The summed E-state index contributed by atoms with van der Waals surface area (Å²) in [6.45, 7) is 3.73. The molecule has 1 aromatic carbocycles. The van der Waals surface area contributed by atoms with E-state index in [1.165, 1.54) is 5.56 Å². The standard InChI is InChI=1S/C20H22N4O2/c1-14-5-6-19-22-17(12-24(19)10-14)13-26-18-4-2-3-15(9-18)20(25)23-8-7-16(21)11-23/h2-6,9-10,12,16H,7-8,11,13,21H2,1H3/t16-/m1/s1. The summed E-state index contributed by atoms with van der Waals surface area (Å²) in [6.07, 6.45) is 4.85. The predicted octanol–water partition coefficient (Wildman–Crippen LogP) is 2.39. The van der Waals surface area contributed by atoms with Crippen molar-refractivity contribution in [2.24, 2.45) is 5.73 Å². The Bertz CT molecular complexity index is 950. The van der Waals surface area contributed by atoms with Crippen LogP contribution in [0.1, 0.15) is 28.0 Å². The zero-order chi connectivity index (χ0) is 18.1. The minimum atomic E-state index is 0.00612. The smallest absolute Gasteiger partial charge is 0.254 e. The van der Waals surface area contributed by atoms with Crippen LogP contribution in [-0.2, 0) is 6.61 Å². The summed E-state index contributed by atoms with van der Waals surface area (Å²) in [4.78, 5) is 18.9. The number of carbonyl (C=O) groups is 1. The molecule has 2 N–H and O–H groups in total. The molecule has 0 unspecified atom stereocenters. The number of nitrogens with zero attached hydrogens (tertiary/aromatic N) is 3. The molecule has 0 radical (unpaired) electrons. The van der Waals surface area contributed by atoms with E-state index in [1.54, 1.807) is 11.0 Å². The van der Waals surface area contributed by atoms with Crippen molar-refractivity contribution >= 4 is 11.6 Å². The zero-order valence-electron chi connectivity index (χ0n) is 14.8. The molecule has 1 saturated heterocycles. The van der Waals surface area contributed by atoms with Gasteiger partial charge in [0.1, 0.15) is 18.0 Å². The molecule has 0 aliphatic carbocycles. The number of imidazole rings is 1. The molecular formula is C20H22N4O2. The van der Waals surface area contributed by atoms with Crippen molar-refractivity contribution in [3.05, 3.63) is 65.6 Å². The van der Waals surface area contributed by atoms with E-state index in [4.69, 9.17) is 10.5 Å². The number of benzene rings is 1. The lowest BCUT2D eigenvalue weighted by Gasteiger charge is -2.16. The van der Waals surface area contributed by atoms with Gasteiger partial charge in [-0.1, -0.05) is 12.1 Å². The van der Waals surface area contributed by atoms with Crippen LogP contribution < -0.4 is 10.5 Å². The molecule has 1 aliphatic heterocycles. The van der Waals surface area contributed by atoms with E-state index in [-0.39, 0.29) is 11.9 Å². The third kappa shape index (κ3) is 3.41. The molecular weight excluding hydrogens is 328 g/mol. The number of nitrogens with two attached hydrogens (primary N) is 1. The molecule has 1 fully saturated rings. The average Bonchev–Trinajstić information content (AvgIpc) is 3.25. The van der Waals surface area contributed by atoms with Gasteiger partial charge in [0.25, 0.3) is 5.91 Å². The van der Waals surface area contributed by atoms with Crippen LogP contribution in [0, 0.1) is 6.92 Å². The van der Waals surface area contributed by atoms with Crippen molar-refractivity contribution < 1.29 is 9.53 Å². The molecule has 1 aliphatic rings. The first-order chi connectivity index (χ1) is 12.6. The van der Waals surface area contributed by atoms with Crippen LogP contribution in [0.25, 0.3) is 5.65 Å². The summed E-state index contributed by atoms with van der Waals surface area (Å²) in [6, 6.07) is 11.4. The fourth-order valence-corrected chi connectivity index (χ4v) is 3.26. The van der Waals surface area contributed by atoms with Gasteiger partial charge in [0.15, 0.2) is 0 Å². The fraction of sp³-hybridized carbons (Fsp3) is 0.300. The minimum absolute atomic E-state index is 0.00612. The van der Waals surface area contributed by atoms with Gasteiger partial charge >= 0.3 is 0 Å². The third-order valence-corrected chi connectivity index (χ3v) is 4.63. The molecule has 26 heavy (non-hydrogen) atoms. The molecule has 0 bridgehead atoms. The van der Waals surface area contributed by atoms with Crippen molar-refractivity contribution in [1.82, 2.24) is 14.3 Å². The van der Waals surface area contributed by atoms with Crippen LogP contribution in [0.5, 0.6) is 5.75 Å². The Labute approximate surface area is 152 Å². The SMILES string of the molecule is Cc1ccc2nc(COc3cccc(C(=O)N4CC[C@@H](N)C4)c3)cn2c1. The van der Waals surface area contributed by atoms with Gasteiger partial charge in [0.05, 0.1) is 5.69 Å². The Kier molecular flexibility index (Phi) is 4.34. The number of aromatic nitrogens is 2. The number of hydrogen-bond acceptors (Lipinski definition) is 4. The molecule has 1 atom stereocenters. The number of ether oxygens (including phenoxy) is 1. The maximum atomic E-state index is 12.6. The van der Waals surface area contributed by atoms with E-state index >= 15 is 0 Å². The molecule has 4 rings (SSSR count). The second-order valence-electron chi connectivity index (χ2n) is 6.82. The number of hydrogen-bond donors (Lipinski definition) is 1. The maximum Gasteiger partial charge on any atom is 0.254 e. The van der Waals surface area contributed by atoms with Gasteiger partial charge in [0, 0.05) is 37.1 Å². The lowest BCUT2D eigenvalue weighted by atomic mass is 10.2. The summed E-state index contributed by atoms with van der Waals surface area (Å²) >= 11 is 0. The number of fused-ring (bicyclic) bond motifs is 1. The number of amides is 1. The summed E-state index contributed by atoms with van der Waals surface area (Å²) in [5.41, 5.74) is 9.44. The molecule has 6 nitrogen and oxygen atoms in total. The number of likely N-dealkylation sites (tertiary alicyclic amines) is 1. The van der Waals surface area contributed by atoms with Crippen LogP contribution in [0.4, 0.5) is 0 Å². The lowest BCUT2D eigenvalue weighted by molar-refractivity contribution is 0.0790. The second-order valence-corrected chi connectivity index (χ2v) is 6.82. The van der Waals surface area contributed by atoms with Gasteiger partial charge in [-0.25, -0.2) is 4.98 Å². The molecule has 3 aromatic rings. The largest absolute Gasteiger partial charge is 0.487 e. The van der Waals surface area contributed by atoms with Crippen molar-refractivity contribution in [1.29, 1.82) is 0 Å². The van der Waals surface area contributed by atoms with Crippen LogP contribution in [0.2, 0.25) is 0 Å². The fourth-order valence-electron chi connectivity index (χ4n) is 3.26. The van der Waals surface area contributed by atoms with E-state index < -0.39 is 0 Å². The van der Waals surface area contributed by atoms with Crippen molar-refractivity contribution in [3.63, 3.8) is 0 Å². The van der Waals surface area contributed by atoms with Gasteiger partial charge < -0.3 is 19.8 Å². The van der Waals surface area contributed by atoms with E-state index in [0.717, 1.165) is 17.8 Å². The van der Waals surface area contributed by atoms with Crippen LogP contribution >= 0.6 is 0 Å². The number of carbonyl (C=O) groups excluding carboxylic acids is 1. The topological polar surface area (TPSA) is 72.9 Å². The summed E-state index contributed by atoms with van der Waals surface area (Å²) in [5.74, 6) is 0.666. The van der Waals surface area contributed by atoms with E-state index in [0.29, 0.717) is 31.0 Å². The molecule has 2 aromatic heterocycles. The van der Waals surface area contributed by atoms with E-state index in [9.17, 15) is 4.79 Å². The molecule has 0 saturated carbocycles. The number of pyridine rings is 1. The van der Waals surface area contributed by atoms with Gasteiger partial charge in [-0.15, -0.1) is 0 Å². The van der Waals surface area contributed by atoms with Crippen molar-refractivity contribution in [2.75, 3.05) is 13.1 Å². The molecule has 3 heterocycles. The number of rotatable bonds is 4. The second kappa shape index (κ2) is 6.80. The van der Waals surface area contributed by atoms with Crippen LogP contribution in [-0.4, -0.2) is 39.3 Å². The predicted molar refractivity (Wildman–Crippen MR) is 99.2 cm³/mol.